The van der Waals surface area contributed by atoms with Gasteiger partial charge in [0.2, 0.25) is 5.91 Å². The molecule has 1 saturated heterocycles. The summed E-state index contributed by atoms with van der Waals surface area (Å²) in [5, 5.41) is 17.4. The number of nitrogens with one attached hydrogen (secondary N) is 1. The summed E-state index contributed by atoms with van der Waals surface area (Å²) in [6.45, 7) is 4.18. The highest BCUT2D eigenvalue weighted by Gasteiger charge is 2.48. The fourth-order valence-corrected chi connectivity index (χ4v) is 5.16. The van der Waals surface area contributed by atoms with E-state index in [0.29, 0.717) is 24.3 Å². The lowest BCUT2D eigenvalue weighted by Gasteiger charge is -2.42. The third kappa shape index (κ3) is 4.62. The molecule has 2 unspecified atom stereocenters. The number of ether oxygens (including phenoxy) is 1. The van der Waals surface area contributed by atoms with E-state index in [4.69, 9.17) is 4.74 Å². The predicted octanol–water partition coefficient (Wildman–Crippen LogP) is 3.29. The van der Waals surface area contributed by atoms with Crippen molar-refractivity contribution in [1.29, 1.82) is 0 Å². The molecule has 35 heavy (non-hydrogen) atoms. The summed E-state index contributed by atoms with van der Waals surface area (Å²) in [5.74, 6) is -2.95. The second-order valence-corrected chi connectivity index (χ2v) is 9.68. The van der Waals surface area contributed by atoms with Crippen molar-refractivity contribution in [3.8, 4) is 11.1 Å². The Hall–Kier alpha value is -3.05. The number of piperidine rings is 1. The molecule has 2 aromatic rings. The first-order valence-electron chi connectivity index (χ1n) is 11.9. The number of alkyl halides is 2. The first kappa shape index (κ1) is 23.7. The number of hydrogen-bond acceptors (Lipinski definition) is 6. The maximum atomic E-state index is 13.2. The fourth-order valence-electron chi connectivity index (χ4n) is 5.16. The van der Waals surface area contributed by atoms with Gasteiger partial charge < -0.3 is 14.7 Å². The third-order valence-corrected chi connectivity index (χ3v) is 6.95. The van der Waals surface area contributed by atoms with Crippen LogP contribution in [0.1, 0.15) is 45.6 Å². The van der Waals surface area contributed by atoms with Crippen molar-refractivity contribution in [2.75, 3.05) is 22.9 Å². The lowest BCUT2D eigenvalue weighted by molar-refractivity contribution is -0.143. The molecule has 9 nitrogen and oxygen atoms in total. The van der Waals surface area contributed by atoms with E-state index in [1.54, 1.807) is 23.2 Å². The number of anilines is 2. The van der Waals surface area contributed by atoms with Gasteiger partial charge in [-0.15, -0.1) is 0 Å². The SMILES string of the molecule is CC(=O)N1c2ccc(-c3cnn(C4CCNC(O)C4)c3)cc2N(C(=O)OC2CC(F)(F)C2)C[C@@H]1C. The average molecular weight is 490 g/mol. The first-order valence-corrected chi connectivity index (χ1v) is 11.9. The van der Waals surface area contributed by atoms with Crippen LogP contribution in [0.5, 0.6) is 0 Å². The van der Waals surface area contributed by atoms with E-state index in [0.717, 1.165) is 17.5 Å². The van der Waals surface area contributed by atoms with Crippen molar-refractivity contribution >= 4 is 23.4 Å². The molecule has 1 aromatic heterocycles. The predicted molar refractivity (Wildman–Crippen MR) is 124 cm³/mol. The first-order chi connectivity index (χ1) is 16.6. The molecule has 2 fully saturated rings. The van der Waals surface area contributed by atoms with E-state index in [-0.39, 0.29) is 24.5 Å². The Morgan fingerprint density at radius 2 is 2.00 bits per heavy atom. The maximum Gasteiger partial charge on any atom is 0.414 e. The summed E-state index contributed by atoms with van der Waals surface area (Å²) < 4.78 is 33.7. The van der Waals surface area contributed by atoms with Crippen LogP contribution in [0.4, 0.5) is 25.0 Å². The van der Waals surface area contributed by atoms with E-state index in [2.05, 4.69) is 10.4 Å². The van der Waals surface area contributed by atoms with Crippen LogP contribution < -0.4 is 15.1 Å². The number of aromatic nitrogens is 2. The molecular formula is C24H29F2N5O4. The number of rotatable bonds is 3. The van der Waals surface area contributed by atoms with Gasteiger partial charge >= 0.3 is 6.09 Å². The second-order valence-electron chi connectivity index (χ2n) is 9.68. The van der Waals surface area contributed by atoms with E-state index in [1.807, 2.05) is 23.9 Å². The van der Waals surface area contributed by atoms with Gasteiger partial charge in [0.1, 0.15) is 12.3 Å². The molecule has 2 N–H and O–H groups in total. The zero-order valence-electron chi connectivity index (χ0n) is 19.7. The van der Waals surface area contributed by atoms with Gasteiger partial charge in [0.05, 0.1) is 29.7 Å². The number of aliphatic hydroxyl groups excluding tert-OH is 1. The van der Waals surface area contributed by atoms with E-state index < -0.39 is 37.2 Å². The smallest absolute Gasteiger partial charge is 0.414 e. The monoisotopic (exact) mass is 489 g/mol. The Morgan fingerprint density at radius 3 is 2.69 bits per heavy atom. The summed E-state index contributed by atoms with van der Waals surface area (Å²) in [7, 11) is 0. The fraction of sp³-hybridized carbons (Fsp3) is 0.542. The molecular weight excluding hydrogens is 460 g/mol. The zero-order valence-corrected chi connectivity index (χ0v) is 19.7. The zero-order chi connectivity index (χ0) is 24.9. The molecule has 3 atom stereocenters. The number of aliphatic hydroxyl groups is 1. The molecule has 11 heteroatoms. The number of hydrogen-bond donors (Lipinski definition) is 2. The lowest BCUT2D eigenvalue weighted by atomic mass is 9.91. The van der Waals surface area contributed by atoms with Gasteiger partial charge in [-0.05, 0) is 37.6 Å². The van der Waals surface area contributed by atoms with Gasteiger partial charge in [-0.1, -0.05) is 6.07 Å². The maximum absolute atomic E-state index is 13.2. The molecule has 2 aliphatic heterocycles. The molecule has 0 radical (unpaired) electrons. The largest absolute Gasteiger partial charge is 0.445 e. The van der Waals surface area contributed by atoms with Gasteiger partial charge in [0, 0.05) is 44.5 Å². The molecule has 1 saturated carbocycles. The van der Waals surface area contributed by atoms with Crippen molar-refractivity contribution in [3.63, 3.8) is 0 Å². The van der Waals surface area contributed by atoms with Gasteiger partial charge in [-0.25, -0.2) is 13.6 Å². The van der Waals surface area contributed by atoms with Crippen LogP contribution in [0, 0.1) is 0 Å². The molecule has 2 amide bonds. The van der Waals surface area contributed by atoms with Crippen LogP contribution in [0.2, 0.25) is 0 Å². The highest BCUT2D eigenvalue weighted by atomic mass is 19.3. The molecule has 3 heterocycles. The van der Waals surface area contributed by atoms with Crippen LogP contribution in [0.3, 0.4) is 0 Å². The standard InChI is InChI=1S/C24H29F2N5O4/c1-14-12-29(23(34)35-19-9-24(25,26)10-19)21-7-16(3-4-20(21)31(14)15(2)32)17-11-28-30(13-17)18-5-6-27-22(33)8-18/h3-4,7,11,13-14,18-19,22,27,33H,5-6,8-10,12H2,1-2H3/t14-,18?,22?/m0/s1. The van der Waals surface area contributed by atoms with Crippen molar-refractivity contribution < 1.29 is 28.2 Å². The van der Waals surface area contributed by atoms with Crippen LogP contribution in [-0.2, 0) is 9.53 Å². The van der Waals surface area contributed by atoms with Gasteiger partial charge in [0.15, 0.2) is 0 Å². The van der Waals surface area contributed by atoms with Crippen molar-refractivity contribution in [3.05, 3.63) is 30.6 Å². The van der Waals surface area contributed by atoms with Crippen molar-refractivity contribution in [2.45, 2.75) is 69.9 Å². The number of carbonyl (C=O) groups is 2. The van der Waals surface area contributed by atoms with Crippen LogP contribution >= 0.6 is 0 Å². The normalized spacial score (nSPS) is 26.1. The minimum atomic E-state index is -2.79. The highest BCUT2D eigenvalue weighted by Crippen LogP contribution is 2.42. The Kier molecular flexibility index (Phi) is 6.00. The molecule has 0 spiro atoms. The summed E-state index contributed by atoms with van der Waals surface area (Å²) in [6.07, 6.45) is 1.99. The number of carbonyl (C=O) groups excluding carboxylic acids is 2. The summed E-state index contributed by atoms with van der Waals surface area (Å²) in [4.78, 5) is 28.4. The summed E-state index contributed by atoms with van der Waals surface area (Å²) >= 11 is 0. The van der Waals surface area contributed by atoms with E-state index >= 15 is 0 Å². The molecule has 188 valence electrons. The van der Waals surface area contributed by atoms with Crippen LogP contribution in [0.25, 0.3) is 11.1 Å². The Bertz CT molecular complexity index is 1130. The van der Waals surface area contributed by atoms with Gasteiger partial charge in [-0.2, -0.15) is 5.10 Å². The number of halogens is 2. The topological polar surface area (TPSA) is 99.9 Å². The van der Waals surface area contributed by atoms with Gasteiger partial charge in [0.25, 0.3) is 5.92 Å². The Morgan fingerprint density at radius 1 is 1.23 bits per heavy atom. The molecule has 3 aliphatic rings. The highest BCUT2D eigenvalue weighted by molar-refractivity contribution is 6.03. The van der Waals surface area contributed by atoms with Crippen LogP contribution in [-0.4, -0.2) is 64.3 Å². The molecule has 5 rings (SSSR count). The number of fused-ring (bicyclic) bond motifs is 1. The third-order valence-electron chi connectivity index (χ3n) is 6.95. The number of nitrogens with zero attached hydrogens (tertiary/aromatic N) is 4. The summed E-state index contributed by atoms with van der Waals surface area (Å²) in [6, 6.07) is 5.20. The quantitative estimate of drug-likeness (QED) is 0.687. The van der Waals surface area contributed by atoms with Crippen molar-refractivity contribution in [1.82, 2.24) is 15.1 Å². The van der Waals surface area contributed by atoms with Gasteiger partial charge in [-0.3, -0.25) is 19.7 Å². The minimum absolute atomic E-state index is 0.0683. The average Bonchev–Trinajstić information content (AvgIpc) is 3.27. The molecule has 0 bridgehead atoms. The summed E-state index contributed by atoms with van der Waals surface area (Å²) in [5.41, 5.74) is 2.65. The minimum Gasteiger partial charge on any atom is -0.445 e. The van der Waals surface area contributed by atoms with Crippen LogP contribution in [0.15, 0.2) is 30.6 Å². The Balaban J connectivity index is 1.44. The van der Waals surface area contributed by atoms with E-state index in [9.17, 15) is 23.5 Å². The lowest BCUT2D eigenvalue weighted by Crippen LogP contribution is -2.53. The van der Waals surface area contributed by atoms with Crippen molar-refractivity contribution in [2.24, 2.45) is 0 Å². The van der Waals surface area contributed by atoms with E-state index in [1.165, 1.54) is 11.8 Å². The molecule has 1 aromatic carbocycles. The molecule has 1 aliphatic carbocycles. The second kappa shape index (κ2) is 8.87. The number of benzene rings is 1. The number of amides is 2. The Labute approximate surface area is 201 Å².